The monoisotopic (exact) mass is 342 g/mol. The molecule has 6 nitrogen and oxygen atoms in total. The van der Waals surface area contributed by atoms with Crippen molar-refractivity contribution in [2.75, 3.05) is 10.6 Å². The van der Waals surface area contributed by atoms with Gasteiger partial charge in [-0.05, 0) is 30.3 Å². The molecule has 0 fully saturated rings. The molecule has 126 valence electrons. The van der Waals surface area contributed by atoms with E-state index in [1.165, 1.54) is 24.5 Å². The predicted molar refractivity (Wildman–Crippen MR) is 88.4 cm³/mol. The van der Waals surface area contributed by atoms with Crippen LogP contribution >= 0.6 is 0 Å². The van der Waals surface area contributed by atoms with E-state index in [1.54, 1.807) is 18.2 Å². The number of rotatable bonds is 5. The zero-order chi connectivity index (χ0) is 17.8. The maximum Gasteiger partial charge on any atom is 0.335 e. The summed E-state index contributed by atoms with van der Waals surface area (Å²) in [6.07, 6.45) is 1.28. The van der Waals surface area contributed by atoms with Crippen LogP contribution in [-0.4, -0.2) is 21.0 Å². The number of benzene rings is 2. The Hall–Kier alpha value is -3.55. The van der Waals surface area contributed by atoms with Crippen molar-refractivity contribution in [3.63, 3.8) is 0 Å². The number of hydrogen-bond donors (Lipinski definition) is 3. The lowest BCUT2D eigenvalue weighted by atomic mass is 10.2. The summed E-state index contributed by atoms with van der Waals surface area (Å²) >= 11 is 0. The van der Waals surface area contributed by atoms with Gasteiger partial charge >= 0.3 is 5.97 Å². The van der Waals surface area contributed by atoms with Crippen molar-refractivity contribution in [2.24, 2.45) is 0 Å². The van der Waals surface area contributed by atoms with E-state index in [1.807, 2.05) is 0 Å². The fourth-order valence-corrected chi connectivity index (χ4v) is 2.09. The van der Waals surface area contributed by atoms with E-state index in [4.69, 9.17) is 5.11 Å². The lowest BCUT2D eigenvalue weighted by Gasteiger charge is -2.09. The zero-order valence-electron chi connectivity index (χ0n) is 12.7. The van der Waals surface area contributed by atoms with Crippen LogP contribution in [0.4, 0.5) is 31.8 Å². The first-order chi connectivity index (χ1) is 12.0. The second-order valence-electron chi connectivity index (χ2n) is 5.05. The normalized spacial score (nSPS) is 10.3. The van der Waals surface area contributed by atoms with Gasteiger partial charge in [0.1, 0.15) is 18.0 Å². The molecule has 0 amide bonds. The maximum absolute atomic E-state index is 13.2. The molecule has 1 heterocycles. The van der Waals surface area contributed by atoms with E-state index >= 15 is 0 Å². The first-order valence-electron chi connectivity index (χ1n) is 7.16. The highest BCUT2D eigenvalue weighted by atomic mass is 19.2. The molecule has 1 aromatic heterocycles. The Morgan fingerprint density at radius 2 is 1.56 bits per heavy atom. The second-order valence-corrected chi connectivity index (χ2v) is 5.05. The van der Waals surface area contributed by atoms with E-state index < -0.39 is 17.6 Å². The van der Waals surface area contributed by atoms with Gasteiger partial charge in [0.15, 0.2) is 11.6 Å². The number of nitrogens with zero attached hydrogens (tertiary/aromatic N) is 2. The molecule has 0 unspecified atom stereocenters. The molecule has 0 atom stereocenters. The number of aromatic nitrogens is 2. The van der Waals surface area contributed by atoms with Crippen molar-refractivity contribution >= 4 is 29.0 Å². The largest absolute Gasteiger partial charge is 0.478 e. The molecule has 0 radical (unpaired) electrons. The predicted octanol–water partition coefficient (Wildman–Crippen LogP) is 3.94. The van der Waals surface area contributed by atoms with Gasteiger partial charge in [-0.1, -0.05) is 6.07 Å². The molecule has 0 bridgehead atoms. The van der Waals surface area contributed by atoms with E-state index in [2.05, 4.69) is 20.6 Å². The highest BCUT2D eigenvalue weighted by Gasteiger charge is 2.06. The Kier molecular flexibility index (Phi) is 4.51. The van der Waals surface area contributed by atoms with Crippen LogP contribution in [0.2, 0.25) is 0 Å². The average molecular weight is 342 g/mol. The molecule has 0 aliphatic carbocycles. The van der Waals surface area contributed by atoms with Crippen molar-refractivity contribution in [2.45, 2.75) is 0 Å². The molecular weight excluding hydrogens is 330 g/mol. The van der Waals surface area contributed by atoms with Crippen LogP contribution in [0.15, 0.2) is 54.9 Å². The van der Waals surface area contributed by atoms with Gasteiger partial charge in [0, 0.05) is 23.5 Å². The Morgan fingerprint density at radius 1 is 0.880 bits per heavy atom. The first kappa shape index (κ1) is 16.3. The van der Waals surface area contributed by atoms with Gasteiger partial charge in [0.2, 0.25) is 0 Å². The molecule has 8 heteroatoms. The van der Waals surface area contributed by atoms with Crippen molar-refractivity contribution < 1.29 is 18.7 Å². The minimum Gasteiger partial charge on any atom is -0.478 e. The topological polar surface area (TPSA) is 87.1 Å². The third-order valence-electron chi connectivity index (χ3n) is 3.24. The quantitative estimate of drug-likeness (QED) is 0.651. The summed E-state index contributed by atoms with van der Waals surface area (Å²) < 4.78 is 26.2. The van der Waals surface area contributed by atoms with Gasteiger partial charge in [-0.25, -0.2) is 23.5 Å². The van der Waals surface area contributed by atoms with E-state index in [9.17, 15) is 13.6 Å². The average Bonchev–Trinajstić information content (AvgIpc) is 2.59. The molecule has 0 spiro atoms. The molecule has 3 aromatic rings. The molecular formula is C17H12F2N4O2. The number of aromatic carboxylic acids is 1. The highest BCUT2D eigenvalue weighted by molar-refractivity contribution is 5.89. The fourth-order valence-electron chi connectivity index (χ4n) is 2.09. The first-order valence-corrected chi connectivity index (χ1v) is 7.16. The summed E-state index contributed by atoms with van der Waals surface area (Å²) in [5.74, 6) is -2.18. The SMILES string of the molecule is O=C(O)c1cccc(Nc2cc(Nc3ccc(F)c(F)c3)ncn2)c1. The Bertz CT molecular complexity index is 934. The van der Waals surface area contributed by atoms with Gasteiger partial charge in [-0.15, -0.1) is 0 Å². The molecule has 0 saturated heterocycles. The number of nitrogens with one attached hydrogen (secondary N) is 2. The van der Waals surface area contributed by atoms with Crippen molar-refractivity contribution in [1.82, 2.24) is 9.97 Å². The molecule has 2 aromatic carbocycles. The number of carbonyl (C=O) groups is 1. The van der Waals surface area contributed by atoms with E-state index in [0.717, 1.165) is 12.1 Å². The van der Waals surface area contributed by atoms with Crippen LogP contribution in [-0.2, 0) is 0 Å². The molecule has 0 aliphatic heterocycles. The van der Waals surface area contributed by atoms with E-state index in [0.29, 0.717) is 23.0 Å². The summed E-state index contributed by atoms with van der Waals surface area (Å²) in [5.41, 5.74) is 1.01. The number of anilines is 4. The number of carboxylic acid groups (broad SMARTS) is 1. The molecule has 0 saturated carbocycles. The third kappa shape index (κ3) is 4.05. The van der Waals surface area contributed by atoms with Crippen molar-refractivity contribution in [3.05, 3.63) is 72.1 Å². The summed E-state index contributed by atoms with van der Waals surface area (Å²) in [7, 11) is 0. The van der Waals surface area contributed by atoms with Crippen LogP contribution in [0.25, 0.3) is 0 Å². The summed E-state index contributed by atoms with van der Waals surface area (Å²) in [6, 6.07) is 11.2. The van der Waals surface area contributed by atoms with Crippen LogP contribution < -0.4 is 10.6 Å². The van der Waals surface area contributed by atoms with Crippen LogP contribution in [0.3, 0.4) is 0 Å². The summed E-state index contributed by atoms with van der Waals surface area (Å²) in [6.45, 7) is 0. The fraction of sp³-hybridized carbons (Fsp3) is 0. The molecule has 3 N–H and O–H groups in total. The van der Waals surface area contributed by atoms with E-state index in [-0.39, 0.29) is 5.56 Å². The Morgan fingerprint density at radius 3 is 2.20 bits per heavy atom. The lowest BCUT2D eigenvalue weighted by Crippen LogP contribution is -2.01. The number of hydrogen-bond acceptors (Lipinski definition) is 5. The minimum atomic E-state index is -1.04. The minimum absolute atomic E-state index is 0.138. The van der Waals surface area contributed by atoms with Gasteiger partial charge in [0.05, 0.1) is 5.56 Å². The van der Waals surface area contributed by atoms with Gasteiger partial charge in [0.25, 0.3) is 0 Å². The summed E-state index contributed by atoms with van der Waals surface area (Å²) in [4.78, 5) is 19.0. The van der Waals surface area contributed by atoms with Crippen LogP contribution in [0.1, 0.15) is 10.4 Å². The second kappa shape index (κ2) is 6.91. The third-order valence-corrected chi connectivity index (χ3v) is 3.24. The van der Waals surface area contributed by atoms with Gasteiger partial charge in [-0.2, -0.15) is 0 Å². The van der Waals surface area contributed by atoms with Gasteiger partial charge < -0.3 is 15.7 Å². The Balaban J connectivity index is 1.78. The smallest absolute Gasteiger partial charge is 0.335 e. The zero-order valence-corrected chi connectivity index (χ0v) is 12.7. The van der Waals surface area contributed by atoms with Crippen molar-refractivity contribution in [1.29, 1.82) is 0 Å². The van der Waals surface area contributed by atoms with Crippen LogP contribution in [0, 0.1) is 11.6 Å². The standard InChI is InChI=1S/C17H12F2N4O2/c18-13-5-4-12(7-14(13)19)23-16-8-15(20-9-21-16)22-11-3-1-2-10(6-11)17(24)25/h1-9H,(H,24,25)(H2,20,21,22,23). The maximum atomic E-state index is 13.2. The molecule has 25 heavy (non-hydrogen) atoms. The number of carboxylic acids is 1. The molecule has 0 aliphatic rings. The number of halogens is 2. The summed E-state index contributed by atoms with van der Waals surface area (Å²) in [5, 5.41) is 14.8. The van der Waals surface area contributed by atoms with Crippen molar-refractivity contribution in [3.8, 4) is 0 Å². The highest BCUT2D eigenvalue weighted by Crippen LogP contribution is 2.21. The molecule has 3 rings (SSSR count). The van der Waals surface area contributed by atoms with Crippen LogP contribution in [0.5, 0.6) is 0 Å². The van der Waals surface area contributed by atoms with Gasteiger partial charge in [-0.3, -0.25) is 0 Å². The Labute approximate surface area is 141 Å². The lowest BCUT2D eigenvalue weighted by molar-refractivity contribution is 0.0697.